The van der Waals surface area contributed by atoms with Crippen molar-refractivity contribution in [2.75, 3.05) is 6.54 Å². The average Bonchev–Trinajstić information content (AvgIpc) is 3.29. The topological polar surface area (TPSA) is 105 Å². The van der Waals surface area contributed by atoms with Crippen molar-refractivity contribution in [3.8, 4) is 0 Å². The second-order valence-corrected chi connectivity index (χ2v) is 7.05. The van der Waals surface area contributed by atoms with Crippen LogP contribution in [0.3, 0.4) is 0 Å². The molecule has 0 atom stereocenters. The summed E-state index contributed by atoms with van der Waals surface area (Å²) in [5, 5.41) is 12.6. The molecule has 1 amide bonds. The second kappa shape index (κ2) is 7.40. The number of aliphatic hydroxyl groups is 1. The Balaban J connectivity index is 1.49. The maximum Gasteiger partial charge on any atom is 0.326 e. The Bertz CT molecular complexity index is 981. The van der Waals surface area contributed by atoms with E-state index in [1.165, 1.54) is 0 Å². The number of H-pyrrole nitrogens is 1. The number of benzene rings is 1. The van der Waals surface area contributed by atoms with Crippen LogP contribution in [0.25, 0.3) is 11.0 Å². The summed E-state index contributed by atoms with van der Waals surface area (Å²) in [6.45, 7) is 1.14. The molecule has 27 heavy (non-hydrogen) atoms. The standard InChI is InChI=1S/C19H23N5O3/c25-15-4-2-14(3-5-15)24-17-6-1-13(11-16(17)22-19(24)27)18(26)21-8-10-23-9-7-20-12-23/h1,6-7,9,11-12,14-15,25H,2-5,8,10H2,(H,21,26)(H,22,27). The first-order valence-corrected chi connectivity index (χ1v) is 9.28. The minimum absolute atomic E-state index is 0.0875. The highest BCUT2D eigenvalue weighted by atomic mass is 16.3. The van der Waals surface area contributed by atoms with Gasteiger partial charge in [-0.2, -0.15) is 0 Å². The fourth-order valence-corrected chi connectivity index (χ4v) is 3.77. The van der Waals surface area contributed by atoms with E-state index in [1.54, 1.807) is 29.2 Å². The first-order chi connectivity index (χ1) is 13.1. The van der Waals surface area contributed by atoms with Gasteiger partial charge in [-0.1, -0.05) is 0 Å². The molecule has 1 aliphatic rings. The third kappa shape index (κ3) is 3.66. The van der Waals surface area contributed by atoms with E-state index in [4.69, 9.17) is 0 Å². The number of fused-ring (bicyclic) bond motifs is 1. The van der Waals surface area contributed by atoms with Gasteiger partial charge in [0, 0.05) is 37.1 Å². The molecule has 1 saturated carbocycles. The number of rotatable bonds is 5. The van der Waals surface area contributed by atoms with Gasteiger partial charge in [0.25, 0.3) is 5.91 Å². The highest BCUT2D eigenvalue weighted by Gasteiger charge is 2.24. The molecule has 0 saturated heterocycles. The minimum atomic E-state index is -0.264. The summed E-state index contributed by atoms with van der Waals surface area (Å²) in [6, 6.07) is 5.38. The quantitative estimate of drug-likeness (QED) is 0.633. The van der Waals surface area contributed by atoms with Crippen LogP contribution in [0.4, 0.5) is 0 Å². The molecule has 0 spiro atoms. The number of aromatic nitrogens is 4. The number of hydrogen-bond donors (Lipinski definition) is 3. The average molecular weight is 369 g/mol. The molecule has 8 nitrogen and oxygen atoms in total. The fraction of sp³-hybridized carbons (Fsp3) is 0.421. The molecular formula is C19H23N5O3. The van der Waals surface area contributed by atoms with E-state index < -0.39 is 0 Å². The van der Waals surface area contributed by atoms with E-state index >= 15 is 0 Å². The van der Waals surface area contributed by atoms with Gasteiger partial charge in [-0.3, -0.25) is 9.36 Å². The van der Waals surface area contributed by atoms with Gasteiger partial charge in [0.15, 0.2) is 0 Å². The number of hydrogen-bond acceptors (Lipinski definition) is 4. The molecule has 3 N–H and O–H groups in total. The third-order valence-electron chi connectivity index (χ3n) is 5.22. The van der Waals surface area contributed by atoms with E-state index in [2.05, 4.69) is 15.3 Å². The molecule has 1 aromatic carbocycles. The predicted octanol–water partition coefficient (Wildman–Crippen LogP) is 1.43. The van der Waals surface area contributed by atoms with Gasteiger partial charge >= 0.3 is 5.69 Å². The smallest absolute Gasteiger partial charge is 0.326 e. The van der Waals surface area contributed by atoms with Gasteiger partial charge in [0.1, 0.15) is 0 Å². The molecule has 1 fully saturated rings. The molecule has 0 aliphatic heterocycles. The molecule has 0 bridgehead atoms. The first-order valence-electron chi connectivity index (χ1n) is 9.28. The van der Waals surface area contributed by atoms with Crippen molar-refractivity contribution >= 4 is 16.9 Å². The van der Waals surface area contributed by atoms with Crippen molar-refractivity contribution in [1.29, 1.82) is 0 Å². The number of nitrogens with one attached hydrogen (secondary N) is 2. The van der Waals surface area contributed by atoms with Crippen LogP contribution in [-0.2, 0) is 6.54 Å². The van der Waals surface area contributed by atoms with Crippen LogP contribution < -0.4 is 11.0 Å². The van der Waals surface area contributed by atoms with Gasteiger partial charge in [-0.15, -0.1) is 0 Å². The summed E-state index contributed by atoms with van der Waals surface area (Å²) in [6.07, 6.45) is 7.97. The summed E-state index contributed by atoms with van der Waals surface area (Å²) >= 11 is 0. The third-order valence-corrected chi connectivity index (χ3v) is 5.22. The van der Waals surface area contributed by atoms with Crippen molar-refractivity contribution in [1.82, 2.24) is 24.4 Å². The summed E-state index contributed by atoms with van der Waals surface area (Å²) in [7, 11) is 0. The number of aromatic amines is 1. The maximum atomic E-state index is 12.4. The van der Waals surface area contributed by atoms with Gasteiger partial charge < -0.3 is 20.0 Å². The van der Waals surface area contributed by atoms with Crippen LogP contribution in [0.1, 0.15) is 42.1 Å². The summed E-state index contributed by atoms with van der Waals surface area (Å²) in [5.41, 5.74) is 1.81. The molecule has 0 unspecified atom stereocenters. The Kier molecular flexibility index (Phi) is 4.81. The Labute approximate surface area is 155 Å². The molecule has 2 heterocycles. The molecule has 1 aliphatic carbocycles. The summed E-state index contributed by atoms with van der Waals surface area (Å²) in [5.74, 6) is -0.175. The van der Waals surface area contributed by atoms with Crippen LogP contribution in [0.5, 0.6) is 0 Å². The van der Waals surface area contributed by atoms with E-state index in [0.717, 1.165) is 18.4 Å². The van der Waals surface area contributed by atoms with E-state index in [0.29, 0.717) is 37.0 Å². The lowest BCUT2D eigenvalue weighted by atomic mass is 9.93. The molecular weight excluding hydrogens is 346 g/mol. The van der Waals surface area contributed by atoms with Crippen molar-refractivity contribution in [2.45, 2.75) is 44.4 Å². The second-order valence-electron chi connectivity index (χ2n) is 7.05. The molecule has 8 heteroatoms. The minimum Gasteiger partial charge on any atom is -0.393 e. The Morgan fingerprint density at radius 1 is 1.30 bits per heavy atom. The zero-order valence-electron chi connectivity index (χ0n) is 15.0. The highest BCUT2D eigenvalue weighted by molar-refractivity contribution is 5.97. The van der Waals surface area contributed by atoms with Crippen LogP contribution in [-0.4, -0.2) is 42.8 Å². The zero-order valence-corrected chi connectivity index (χ0v) is 15.0. The van der Waals surface area contributed by atoms with E-state index in [-0.39, 0.29) is 23.7 Å². The lowest BCUT2D eigenvalue weighted by Crippen LogP contribution is -2.27. The lowest BCUT2D eigenvalue weighted by Gasteiger charge is -2.26. The summed E-state index contributed by atoms with van der Waals surface area (Å²) < 4.78 is 3.66. The maximum absolute atomic E-state index is 12.4. The summed E-state index contributed by atoms with van der Waals surface area (Å²) in [4.78, 5) is 31.7. The first kappa shape index (κ1) is 17.5. The highest BCUT2D eigenvalue weighted by Crippen LogP contribution is 2.29. The van der Waals surface area contributed by atoms with Crippen molar-refractivity contribution in [3.05, 3.63) is 53.0 Å². The molecule has 0 radical (unpaired) electrons. The van der Waals surface area contributed by atoms with Crippen molar-refractivity contribution in [2.24, 2.45) is 0 Å². The van der Waals surface area contributed by atoms with E-state index in [1.807, 2.05) is 16.8 Å². The zero-order chi connectivity index (χ0) is 18.8. The van der Waals surface area contributed by atoms with Gasteiger partial charge in [0.05, 0.1) is 23.5 Å². The van der Waals surface area contributed by atoms with Crippen LogP contribution in [0, 0.1) is 0 Å². The number of carbonyl (C=O) groups is 1. The van der Waals surface area contributed by atoms with Gasteiger partial charge in [-0.05, 0) is 43.9 Å². The van der Waals surface area contributed by atoms with Gasteiger partial charge in [-0.25, -0.2) is 9.78 Å². The van der Waals surface area contributed by atoms with Crippen molar-refractivity contribution in [3.63, 3.8) is 0 Å². The SMILES string of the molecule is O=C(NCCn1ccnc1)c1ccc2c(c1)[nH]c(=O)n2C1CCC(O)CC1. The predicted molar refractivity (Wildman–Crippen MR) is 101 cm³/mol. The van der Waals surface area contributed by atoms with Crippen LogP contribution >= 0.6 is 0 Å². The van der Waals surface area contributed by atoms with E-state index in [9.17, 15) is 14.7 Å². The number of aliphatic hydroxyl groups excluding tert-OH is 1. The fourth-order valence-electron chi connectivity index (χ4n) is 3.77. The van der Waals surface area contributed by atoms with Crippen LogP contribution in [0.15, 0.2) is 41.7 Å². The number of imidazole rings is 2. The number of nitrogens with zero attached hydrogens (tertiary/aromatic N) is 3. The molecule has 142 valence electrons. The number of amides is 1. The van der Waals surface area contributed by atoms with Crippen LogP contribution in [0.2, 0.25) is 0 Å². The number of carbonyl (C=O) groups excluding carboxylic acids is 1. The molecule has 4 rings (SSSR count). The lowest BCUT2D eigenvalue weighted by molar-refractivity contribution is 0.0952. The monoisotopic (exact) mass is 369 g/mol. The Morgan fingerprint density at radius 3 is 2.85 bits per heavy atom. The normalized spacial score (nSPS) is 20.0. The Morgan fingerprint density at radius 2 is 2.11 bits per heavy atom. The van der Waals surface area contributed by atoms with Crippen molar-refractivity contribution < 1.29 is 9.90 Å². The largest absolute Gasteiger partial charge is 0.393 e. The Hall–Kier alpha value is -2.87. The molecule has 2 aromatic heterocycles. The van der Waals surface area contributed by atoms with Gasteiger partial charge in [0.2, 0.25) is 0 Å². The molecule has 3 aromatic rings.